The van der Waals surface area contributed by atoms with Gasteiger partial charge in [0.15, 0.2) is 5.82 Å². The van der Waals surface area contributed by atoms with Gasteiger partial charge in [0, 0.05) is 44.2 Å². The van der Waals surface area contributed by atoms with Gasteiger partial charge in [-0.25, -0.2) is 0 Å². The van der Waals surface area contributed by atoms with Crippen molar-refractivity contribution in [2.45, 2.75) is 59.0 Å². The maximum atomic E-state index is 12.7. The molecule has 1 aliphatic rings. The molecule has 0 radical (unpaired) electrons. The summed E-state index contributed by atoms with van der Waals surface area (Å²) in [5.74, 6) is 0.419. The number of pyridine rings is 1. The maximum absolute atomic E-state index is 12.7. The Labute approximate surface area is 166 Å². The fraction of sp³-hybridized carbons (Fsp3) is 0.524. The lowest BCUT2D eigenvalue weighted by atomic mass is 9.91. The van der Waals surface area contributed by atoms with Crippen LogP contribution < -0.4 is 5.32 Å². The molecule has 1 aliphatic heterocycles. The summed E-state index contributed by atoms with van der Waals surface area (Å²) in [6.45, 7) is 7.48. The summed E-state index contributed by atoms with van der Waals surface area (Å²) < 4.78 is 1.81. The topological polar surface area (TPSA) is 80.1 Å². The number of aryl methyl sites for hydroxylation is 2. The minimum Gasteiger partial charge on any atom is -0.331 e. The number of amides is 2. The Bertz CT molecular complexity index is 810. The molecule has 0 aromatic carbocycles. The van der Waals surface area contributed by atoms with Crippen LogP contribution >= 0.6 is 0 Å². The van der Waals surface area contributed by atoms with Gasteiger partial charge in [0.25, 0.3) is 0 Å². The normalized spacial score (nSPS) is 17.0. The minimum atomic E-state index is -0.406. The first-order chi connectivity index (χ1) is 13.3. The molecule has 7 heteroatoms. The smallest absolute Gasteiger partial charge is 0.248 e. The highest BCUT2D eigenvalue weighted by molar-refractivity contribution is 5.96. The third-order valence-electron chi connectivity index (χ3n) is 4.83. The van der Waals surface area contributed by atoms with Gasteiger partial charge in [0.2, 0.25) is 11.8 Å². The van der Waals surface area contributed by atoms with E-state index in [9.17, 15) is 9.59 Å². The van der Waals surface area contributed by atoms with E-state index in [1.807, 2.05) is 43.8 Å². The second-order valence-corrected chi connectivity index (χ2v) is 8.54. The third-order valence-corrected chi connectivity index (χ3v) is 4.83. The molecule has 0 aliphatic carbocycles. The van der Waals surface area contributed by atoms with E-state index in [1.165, 1.54) is 5.56 Å². The molecule has 1 N–H and O–H groups in total. The van der Waals surface area contributed by atoms with Gasteiger partial charge in [-0.15, -0.1) is 0 Å². The number of anilines is 1. The lowest BCUT2D eigenvalue weighted by Gasteiger charge is -2.27. The molecule has 1 saturated heterocycles. The van der Waals surface area contributed by atoms with Crippen LogP contribution in [0.2, 0.25) is 0 Å². The van der Waals surface area contributed by atoms with Gasteiger partial charge in [0.1, 0.15) is 6.04 Å². The van der Waals surface area contributed by atoms with E-state index in [-0.39, 0.29) is 17.2 Å². The predicted octanol–water partition coefficient (Wildman–Crippen LogP) is 2.89. The van der Waals surface area contributed by atoms with Crippen molar-refractivity contribution in [3.63, 3.8) is 0 Å². The van der Waals surface area contributed by atoms with Gasteiger partial charge in [0.05, 0.1) is 0 Å². The van der Waals surface area contributed by atoms with Crippen LogP contribution in [0, 0.1) is 5.41 Å². The molecule has 1 atom stereocenters. The Morgan fingerprint density at radius 1 is 1.21 bits per heavy atom. The van der Waals surface area contributed by atoms with Crippen molar-refractivity contribution >= 4 is 17.6 Å². The highest BCUT2D eigenvalue weighted by Crippen LogP contribution is 2.25. The summed E-state index contributed by atoms with van der Waals surface area (Å²) in [4.78, 5) is 31.0. The fourth-order valence-corrected chi connectivity index (χ4v) is 3.45. The molecule has 0 spiro atoms. The summed E-state index contributed by atoms with van der Waals surface area (Å²) in [6.07, 6.45) is 8.25. The van der Waals surface area contributed by atoms with Gasteiger partial charge in [-0.3, -0.25) is 19.3 Å². The van der Waals surface area contributed by atoms with Crippen LogP contribution in [0.3, 0.4) is 0 Å². The summed E-state index contributed by atoms with van der Waals surface area (Å²) in [5, 5.41) is 7.31. The van der Waals surface area contributed by atoms with E-state index in [1.54, 1.807) is 23.4 Å². The second-order valence-electron chi connectivity index (χ2n) is 8.54. The first-order valence-electron chi connectivity index (χ1n) is 9.84. The quantitative estimate of drug-likeness (QED) is 0.832. The number of likely N-dealkylation sites (tertiary alicyclic amines) is 1. The standard InChI is InChI=1S/C21H29N5O2/c1-21(2,3)15-19(27)26-12-4-5-17(26)20(28)23-18-9-14-25(24-18)13-8-16-6-10-22-11-7-16/h6-7,9-11,14,17H,4-5,8,12-13,15H2,1-3H3,(H,23,24,28). The van der Waals surface area contributed by atoms with Crippen molar-refractivity contribution in [2.75, 3.05) is 11.9 Å². The van der Waals surface area contributed by atoms with E-state index in [0.29, 0.717) is 25.2 Å². The van der Waals surface area contributed by atoms with Gasteiger partial charge in [-0.1, -0.05) is 20.8 Å². The molecular formula is C21H29N5O2. The van der Waals surface area contributed by atoms with Crippen molar-refractivity contribution in [1.82, 2.24) is 19.7 Å². The Morgan fingerprint density at radius 2 is 1.96 bits per heavy atom. The van der Waals surface area contributed by atoms with E-state index < -0.39 is 6.04 Å². The Morgan fingerprint density at radius 3 is 2.68 bits per heavy atom. The van der Waals surface area contributed by atoms with Gasteiger partial charge in [-0.2, -0.15) is 5.10 Å². The first kappa shape index (κ1) is 20.0. The Hall–Kier alpha value is -2.70. The van der Waals surface area contributed by atoms with Crippen LogP contribution in [0.4, 0.5) is 5.82 Å². The SMILES string of the molecule is CC(C)(C)CC(=O)N1CCCC1C(=O)Nc1ccn(CCc2ccncc2)n1. The van der Waals surface area contributed by atoms with Crippen LogP contribution in [0.1, 0.15) is 45.6 Å². The maximum Gasteiger partial charge on any atom is 0.248 e. The molecule has 3 heterocycles. The molecule has 7 nitrogen and oxygen atoms in total. The van der Waals surface area contributed by atoms with Gasteiger partial charge >= 0.3 is 0 Å². The van der Waals surface area contributed by atoms with Crippen LogP contribution in [0.25, 0.3) is 0 Å². The summed E-state index contributed by atoms with van der Waals surface area (Å²) in [6, 6.07) is 5.35. The highest BCUT2D eigenvalue weighted by atomic mass is 16.2. The van der Waals surface area contributed by atoms with Crippen LogP contribution in [-0.4, -0.2) is 44.1 Å². The molecule has 3 rings (SSSR count). The molecule has 2 aromatic heterocycles. The van der Waals surface area contributed by atoms with Gasteiger partial charge in [-0.05, 0) is 42.4 Å². The molecule has 28 heavy (non-hydrogen) atoms. The molecule has 1 unspecified atom stereocenters. The number of hydrogen-bond acceptors (Lipinski definition) is 4. The molecular weight excluding hydrogens is 354 g/mol. The minimum absolute atomic E-state index is 0.0491. The second kappa shape index (κ2) is 8.54. The molecule has 1 fully saturated rings. The van der Waals surface area contributed by atoms with Gasteiger partial charge < -0.3 is 10.2 Å². The zero-order valence-corrected chi connectivity index (χ0v) is 16.9. The zero-order valence-electron chi connectivity index (χ0n) is 16.9. The number of carbonyl (C=O) groups excluding carboxylic acids is 2. The van der Waals surface area contributed by atoms with E-state index in [4.69, 9.17) is 0 Å². The predicted molar refractivity (Wildman–Crippen MR) is 108 cm³/mol. The van der Waals surface area contributed by atoms with E-state index in [0.717, 1.165) is 19.4 Å². The molecule has 2 aromatic rings. The lowest BCUT2D eigenvalue weighted by Crippen LogP contribution is -2.44. The van der Waals surface area contributed by atoms with Crippen molar-refractivity contribution in [2.24, 2.45) is 5.41 Å². The van der Waals surface area contributed by atoms with Crippen LogP contribution in [0.5, 0.6) is 0 Å². The molecule has 0 bridgehead atoms. The van der Waals surface area contributed by atoms with Crippen molar-refractivity contribution < 1.29 is 9.59 Å². The fourth-order valence-electron chi connectivity index (χ4n) is 3.45. The van der Waals surface area contributed by atoms with E-state index in [2.05, 4.69) is 15.4 Å². The van der Waals surface area contributed by atoms with E-state index >= 15 is 0 Å². The molecule has 0 saturated carbocycles. The Balaban J connectivity index is 1.55. The van der Waals surface area contributed by atoms with Crippen LogP contribution in [0.15, 0.2) is 36.8 Å². The van der Waals surface area contributed by atoms with Crippen molar-refractivity contribution in [3.8, 4) is 0 Å². The average Bonchev–Trinajstić information content (AvgIpc) is 3.29. The first-order valence-corrected chi connectivity index (χ1v) is 9.84. The Kier molecular flexibility index (Phi) is 6.11. The van der Waals surface area contributed by atoms with Crippen molar-refractivity contribution in [3.05, 3.63) is 42.4 Å². The van der Waals surface area contributed by atoms with Crippen LogP contribution in [-0.2, 0) is 22.6 Å². The lowest BCUT2D eigenvalue weighted by molar-refractivity contribution is -0.138. The number of nitrogens with zero attached hydrogens (tertiary/aromatic N) is 4. The third kappa shape index (κ3) is 5.41. The number of carbonyl (C=O) groups is 2. The summed E-state index contributed by atoms with van der Waals surface area (Å²) in [7, 11) is 0. The number of rotatable bonds is 6. The number of aromatic nitrogens is 3. The zero-order chi connectivity index (χ0) is 20.1. The summed E-state index contributed by atoms with van der Waals surface area (Å²) in [5.41, 5.74) is 1.10. The number of nitrogens with one attached hydrogen (secondary N) is 1. The highest BCUT2D eigenvalue weighted by Gasteiger charge is 2.35. The number of hydrogen-bond donors (Lipinski definition) is 1. The monoisotopic (exact) mass is 383 g/mol. The largest absolute Gasteiger partial charge is 0.331 e. The molecule has 150 valence electrons. The summed E-state index contributed by atoms with van der Waals surface area (Å²) >= 11 is 0. The average molecular weight is 383 g/mol. The molecule has 2 amide bonds. The van der Waals surface area contributed by atoms with Crippen molar-refractivity contribution in [1.29, 1.82) is 0 Å².